The minimum absolute atomic E-state index is 0.0101. The van der Waals surface area contributed by atoms with E-state index >= 15 is 0 Å². The smallest absolute Gasteiger partial charge is 0.313 e. The van der Waals surface area contributed by atoms with Crippen LogP contribution in [-0.2, 0) is 14.3 Å². The number of phenolic OH excluding ortho intramolecular Hbond substituents is 1. The van der Waals surface area contributed by atoms with Gasteiger partial charge in [-0.1, -0.05) is 6.07 Å². The molecular weight excluding hydrogens is 302 g/mol. The number of aromatic hydroxyl groups is 1. The quantitative estimate of drug-likeness (QED) is 0.525. The highest BCUT2D eigenvalue weighted by atomic mass is 16.5. The van der Waals surface area contributed by atoms with E-state index in [0.29, 0.717) is 25.4 Å². The Morgan fingerprint density at radius 2 is 2.00 bits per heavy atom. The van der Waals surface area contributed by atoms with Gasteiger partial charge in [-0.25, -0.2) is 0 Å². The SMILES string of the molecule is O=C(NC[C@H](O)CN1CCOCC1)C(=O)Nc1cccc(O)c1. The third-order valence-electron chi connectivity index (χ3n) is 3.38. The number of hydrogen-bond donors (Lipinski definition) is 4. The number of anilines is 1. The van der Waals surface area contributed by atoms with E-state index in [1.165, 1.54) is 12.1 Å². The fourth-order valence-corrected chi connectivity index (χ4v) is 2.21. The minimum Gasteiger partial charge on any atom is -0.508 e. The van der Waals surface area contributed by atoms with E-state index < -0.39 is 17.9 Å². The predicted octanol–water partition coefficient (Wildman–Crippen LogP) is -0.860. The van der Waals surface area contributed by atoms with Gasteiger partial charge in [-0.3, -0.25) is 14.5 Å². The molecule has 126 valence electrons. The van der Waals surface area contributed by atoms with Crippen molar-refractivity contribution in [3.8, 4) is 5.75 Å². The topological polar surface area (TPSA) is 111 Å². The van der Waals surface area contributed by atoms with Gasteiger partial charge in [0, 0.05) is 37.9 Å². The van der Waals surface area contributed by atoms with E-state index in [1.54, 1.807) is 12.1 Å². The average molecular weight is 323 g/mol. The van der Waals surface area contributed by atoms with Gasteiger partial charge in [0.15, 0.2) is 0 Å². The Hall–Kier alpha value is -2.16. The van der Waals surface area contributed by atoms with E-state index in [2.05, 4.69) is 10.6 Å². The molecule has 0 aromatic heterocycles. The molecule has 0 aliphatic carbocycles. The highest BCUT2D eigenvalue weighted by molar-refractivity contribution is 6.39. The molecule has 2 amide bonds. The molecule has 1 aliphatic rings. The fraction of sp³-hybridized carbons (Fsp3) is 0.467. The molecule has 1 aliphatic heterocycles. The molecule has 1 atom stereocenters. The van der Waals surface area contributed by atoms with E-state index in [1.807, 2.05) is 4.90 Å². The second-order valence-corrected chi connectivity index (χ2v) is 5.28. The van der Waals surface area contributed by atoms with Gasteiger partial charge < -0.3 is 25.6 Å². The van der Waals surface area contributed by atoms with Crippen LogP contribution in [0.4, 0.5) is 5.69 Å². The number of phenols is 1. The standard InChI is InChI=1S/C15H21N3O5/c19-12-3-1-2-11(8-12)17-15(22)14(21)16-9-13(20)10-18-4-6-23-7-5-18/h1-3,8,13,19-20H,4-7,9-10H2,(H,16,21)(H,17,22)/t13-/m0/s1. The monoisotopic (exact) mass is 323 g/mol. The lowest BCUT2D eigenvalue weighted by atomic mass is 10.3. The van der Waals surface area contributed by atoms with Gasteiger partial charge in [0.1, 0.15) is 5.75 Å². The highest BCUT2D eigenvalue weighted by Crippen LogP contribution is 2.14. The Balaban J connectivity index is 1.71. The van der Waals surface area contributed by atoms with Gasteiger partial charge in [0.05, 0.1) is 19.3 Å². The molecule has 0 radical (unpaired) electrons. The zero-order valence-electron chi connectivity index (χ0n) is 12.7. The molecule has 0 bridgehead atoms. The summed E-state index contributed by atoms with van der Waals surface area (Å²) in [6.45, 7) is 3.14. The van der Waals surface area contributed by atoms with E-state index in [-0.39, 0.29) is 12.3 Å². The van der Waals surface area contributed by atoms with Crippen LogP contribution in [0.15, 0.2) is 24.3 Å². The number of rotatable bonds is 5. The van der Waals surface area contributed by atoms with Crippen LogP contribution in [0.1, 0.15) is 0 Å². The van der Waals surface area contributed by atoms with E-state index in [9.17, 15) is 19.8 Å². The second-order valence-electron chi connectivity index (χ2n) is 5.28. The first-order chi connectivity index (χ1) is 11.0. The molecule has 8 heteroatoms. The molecule has 4 N–H and O–H groups in total. The number of aliphatic hydroxyl groups excluding tert-OH is 1. The third-order valence-corrected chi connectivity index (χ3v) is 3.38. The van der Waals surface area contributed by atoms with Crippen molar-refractivity contribution in [1.29, 1.82) is 0 Å². The molecule has 1 aromatic carbocycles. The molecule has 1 fully saturated rings. The largest absolute Gasteiger partial charge is 0.508 e. The predicted molar refractivity (Wildman–Crippen MR) is 83.0 cm³/mol. The molecule has 8 nitrogen and oxygen atoms in total. The van der Waals surface area contributed by atoms with Crippen molar-refractivity contribution in [2.24, 2.45) is 0 Å². The molecular formula is C15H21N3O5. The van der Waals surface area contributed by atoms with Crippen LogP contribution in [0.2, 0.25) is 0 Å². The number of ether oxygens (including phenoxy) is 1. The Morgan fingerprint density at radius 1 is 1.26 bits per heavy atom. The number of hydrogen-bond acceptors (Lipinski definition) is 6. The molecule has 2 rings (SSSR count). The zero-order chi connectivity index (χ0) is 16.7. The van der Waals surface area contributed by atoms with Crippen molar-refractivity contribution in [3.63, 3.8) is 0 Å². The summed E-state index contributed by atoms with van der Waals surface area (Å²) in [7, 11) is 0. The van der Waals surface area contributed by atoms with Gasteiger partial charge in [0.2, 0.25) is 0 Å². The fourth-order valence-electron chi connectivity index (χ4n) is 2.21. The summed E-state index contributed by atoms with van der Waals surface area (Å²) in [5.41, 5.74) is 0.319. The van der Waals surface area contributed by atoms with Gasteiger partial charge in [-0.15, -0.1) is 0 Å². The number of carbonyl (C=O) groups is 2. The number of carbonyl (C=O) groups excluding carboxylic acids is 2. The Bertz CT molecular complexity index is 546. The van der Waals surface area contributed by atoms with Crippen molar-refractivity contribution >= 4 is 17.5 Å². The zero-order valence-corrected chi connectivity index (χ0v) is 12.7. The van der Waals surface area contributed by atoms with Crippen LogP contribution < -0.4 is 10.6 Å². The molecule has 0 saturated carbocycles. The van der Waals surface area contributed by atoms with Crippen LogP contribution in [-0.4, -0.2) is 72.4 Å². The summed E-state index contributed by atoms with van der Waals surface area (Å²) in [5, 5.41) is 23.9. The molecule has 1 aromatic rings. The lowest BCUT2D eigenvalue weighted by Gasteiger charge is -2.28. The molecule has 0 unspecified atom stereocenters. The van der Waals surface area contributed by atoms with Crippen LogP contribution in [0.25, 0.3) is 0 Å². The summed E-state index contributed by atoms with van der Waals surface area (Å²) >= 11 is 0. The number of aliphatic hydroxyl groups is 1. The average Bonchev–Trinajstić information content (AvgIpc) is 2.53. The summed E-state index contributed by atoms with van der Waals surface area (Å²) < 4.78 is 5.21. The minimum atomic E-state index is -0.853. The van der Waals surface area contributed by atoms with Gasteiger partial charge >= 0.3 is 11.8 Å². The van der Waals surface area contributed by atoms with Crippen LogP contribution in [0.5, 0.6) is 5.75 Å². The van der Waals surface area contributed by atoms with E-state index in [0.717, 1.165) is 13.1 Å². The molecule has 23 heavy (non-hydrogen) atoms. The van der Waals surface area contributed by atoms with Crippen LogP contribution in [0, 0.1) is 0 Å². The summed E-state index contributed by atoms with van der Waals surface area (Å²) in [6.07, 6.45) is -0.759. The Morgan fingerprint density at radius 3 is 2.70 bits per heavy atom. The first-order valence-electron chi connectivity index (χ1n) is 7.41. The number of nitrogens with one attached hydrogen (secondary N) is 2. The van der Waals surface area contributed by atoms with Crippen molar-refractivity contribution in [3.05, 3.63) is 24.3 Å². The Labute approximate surface area is 134 Å². The first-order valence-corrected chi connectivity index (χ1v) is 7.41. The van der Waals surface area contributed by atoms with Gasteiger partial charge in [0.25, 0.3) is 0 Å². The number of benzene rings is 1. The van der Waals surface area contributed by atoms with Gasteiger partial charge in [-0.2, -0.15) is 0 Å². The maximum Gasteiger partial charge on any atom is 0.313 e. The third kappa shape index (κ3) is 5.85. The Kier molecular flexibility index (Phi) is 6.33. The molecule has 0 spiro atoms. The van der Waals surface area contributed by atoms with Crippen molar-refractivity contribution < 1.29 is 24.5 Å². The van der Waals surface area contributed by atoms with Crippen molar-refractivity contribution in [2.45, 2.75) is 6.10 Å². The summed E-state index contributed by atoms with van der Waals surface area (Å²) in [5.74, 6) is -1.70. The van der Waals surface area contributed by atoms with Crippen molar-refractivity contribution in [2.75, 3.05) is 44.7 Å². The summed E-state index contributed by atoms with van der Waals surface area (Å²) in [6, 6.07) is 5.89. The first kappa shape index (κ1) is 17.2. The lowest BCUT2D eigenvalue weighted by molar-refractivity contribution is -0.136. The number of nitrogens with zero attached hydrogens (tertiary/aromatic N) is 1. The maximum absolute atomic E-state index is 11.7. The van der Waals surface area contributed by atoms with Crippen LogP contribution >= 0.6 is 0 Å². The molecule has 1 saturated heterocycles. The summed E-state index contributed by atoms with van der Waals surface area (Å²) in [4.78, 5) is 25.4. The molecule has 1 heterocycles. The van der Waals surface area contributed by atoms with Crippen LogP contribution in [0.3, 0.4) is 0 Å². The van der Waals surface area contributed by atoms with E-state index in [4.69, 9.17) is 4.74 Å². The number of morpholine rings is 1. The number of β-amino-alcohol motifs (C(OH)–C–C–N with tert-alkyl or cyclic N) is 1. The normalized spacial score (nSPS) is 16.6. The van der Waals surface area contributed by atoms with Gasteiger partial charge in [-0.05, 0) is 12.1 Å². The highest BCUT2D eigenvalue weighted by Gasteiger charge is 2.18. The van der Waals surface area contributed by atoms with Crippen molar-refractivity contribution in [1.82, 2.24) is 10.2 Å². The lowest BCUT2D eigenvalue weighted by Crippen LogP contribution is -2.46. The maximum atomic E-state index is 11.7. The number of amides is 2. The second kappa shape index (κ2) is 8.47.